The fraction of sp³-hybridized carbons (Fsp3) is 0.250. The summed E-state index contributed by atoms with van der Waals surface area (Å²) in [5, 5.41) is 16.0. The number of nitrogens with one attached hydrogen (secondary N) is 1. The molecule has 24 heavy (non-hydrogen) atoms. The molecule has 1 aromatic carbocycles. The van der Waals surface area contributed by atoms with Crippen molar-refractivity contribution in [2.75, 3.05) is 6.54 Å². The maximum absolute atomic E-state index is 14.3. The zero-order valence-corrected chi connectivity index (χ0v) is 13.8. The Morgan fingerprint density at radius 1 is 1.25 bits per heavy atom. The lowest BCUT2D eigenvalue weighted by Gasteiger charge is -2.00. The van der Waals surface area contributed by atoms with Gasteiger partial charge in [-0.2, -0.15) is 4.39 Å². The fourth-order valence-corrected chi connectivity index (χ4v) is 2.87. The molecule has 3 rings (SSSR count). The van der Waals surface area contributed by atoms with Gasteiger partial charge in [0.25, 0.3) is 5.91 Å². The normalized spacial score (nSPS) is 10.8. The first-order chi connectivity index (χ1) is 11.7. The molecular formula is C16H15FN4O2S. The van der Waals surface area contributed by atoms with E-state index in [1.165, 1.54) is 11.3 Å². The standard InChI is InChI=1S/C16H15FN4O2S/c1-2-11-19-20-12(24-11)8-9-18-16(22)14-13(17)15(23-21-14)10-6-4-3-5-7-10/h3-7H,2,8-9H2,1H3,(H,18,22). The largest absolute Gasteiger partial charge is 0.352 e. The van der Waals surface area contributed by atoms with Crippen molar-refractivity contribution in [3.05, 3.63) is 51.9 Å². The lowest BCUT2D eigenvalue weighted by atomic mass is 10.1. The summed E-state index contributed by atoms with van der Waals surface area (Å²) in [5.74, 6) is -1.42. The average molecular weight is 346 g/mol. The van der Waals surface area contributed by atoms with E-state index < -0.39 is 11.7 Å². The summed E-state index contributed by atoms with van der Waals surface area (Å²) in [5.41, 5.74) is 0.183. The van der Waals surface area contributed by atoms with E-state index >= 15 is 0 Å². The summed E-state index contributed by atoms with van der Waals surface area (Å²) in [6.45, 7) is 2.33. The first kappa shape index (κ1) is 16.3. The van der Waals surface area contributed by atoms with Crippen LogP contribution in [0.4, 0.5) is 4.39 Å². The Bertz CT molecular complexity index is 832. The molecule has 0 radical (unpaired) electrons. The van der Waals surface area contributed by atoms with E-state index in [-0.39, 0.29) is 11.5 Å². The summed E-state index contributed by atoms with van der Waals surface area (Å²) in [6, 6.07) is 8.69. The molecule has 1 N–H and O–H groups in total. The molecule has 6 nitrogen and oxygen atoms in total. The number of carbonyl (C=O) groups is 1. The first-order valence-corrected chi connectivity index (χ1v) is 8.30. The highest BCUT2D eigenvalue weighted by Crippen LogP contribution is 2.24. The second-order valence-corrected chi connectivity index (χ2v) is 6.14. The predicted molar refractivity (Wildman–Crippen MR) is 87.2 cm³/mol. The lowest BCUT2D eigenvalue weighted by molar-refractivity contribution is 0.0941. The van der Waals surface area contributed by atoms with Crippen LogP contribution in [0.1, 0.15) is 27.4 Å². The summed E-state index contributed by atoms with van der Waals surface area (Å²) < 4.78 is 19.3. The molecule has 0 bridgehead atoms. The minimum atomic E-state index is -0.761. The monoisotopic (exact) mass is 346 g/mol. The van der Waals surface area contributed by atoms with Crippen LogP contribution in [0.15, 0.2) is 34.9 Å². The second-order valence-electron chi connectivity index (χ2n) is 4.99. The molecule has 1 amide bonds. The number of rotatable bonds is 6. The van der Waals surface area contributed by atoms with Crippen LogP contribution in [-0.2, 0) is 12.8 Å². The zero-order valence-electron chi connectivity index (χ0n) is 13.0. The van der Waals surface area contributed by atoms with Gasteiger partial charge in [0, 0.05) is 18.5 Å². The van der Waals surface area contributed by atoms with Gasteiger partial charge >= 0.3 is 0 Å². The molecule has 0 aliphatic heterocycles. The van der Waals surface area contributed by atoms with Gasteiger partial charge < -0.3 is 9.84 Å². The second kappa shape index (κ2) is 7.31. The molecule has 8 heteroatoms. The average Bonchev–Trinajstić information content (AvgIpc) is 3.22. The van der Waals surface area contributed by atoms with Gasteiger partial charge in [0.1, 0.15) is 10.0 Å². The van der Waals surface area contributed by atoms with E-state index in [1.54, 1.807) is 24.3 Å². The summed E-state index contributed by atoms with van der Waals surface area (Å²) in [7, 11) is 0. The van der Waals surface area contributed by atoms with Gasteiger partial charge in [0.05, 0.1) is 0 Å². The van der Waals surface area contributed by atoms with Crippen LogP contribution in [0.25, 0.3) is 11.3 Å². The number of halogens is 1. The molecule has 0 aliphatic carbocycles. The van der Waals surface area contributed by atoms with Crippen LogP contribution in [0.2, 0.25) is 0 Å². The van der Waals surface area contributed by atoms with Crippen molar-refractivity contribution in [3.8, 4) is 11.3 Å². The van der Waals surface area contributed by atoms with Crippen LogP contribution in [0, 0.1) is 5.82 Å². The molecular weight excluding hydrogens is 331 g/mol. The zero-order chi connectivity index (χ0) is 16.9. The van der Waals surface area contributed by atoms with Gasteiger partial charge in [0.15, 0.2) is 0 Å². The molecule has 3 aromatic rings. The van der Waals surface area contributed by atoms with Crippen LogP contribution in [0.3, 0.4) is 0 Å². The molecule has 2 heterocycles. The van der Waals surface area contributed by atoms with Crippen LogP contribution < -0.4 is 5.32 Å². The Morgan fingerprint density at radius 3 is 2.71 bits per heavy atom. The molecule has 0 unspecified atom stereocenters. The summed E-state index contributed by atoms with van der Waals surface area (Å²) >= 11 is 1.50. The molecule has 124 valence electrons. The topological polar surface area (TPSA) is 80.9 Å². The maximum Gasteiger partial charge on any atom is 0.276 e. The fourth-order valence-electron chi connectivity index (χ4n) is 2.09. The van der Waals surface area contributed by atoms with Gasteiger partial charge in [-0.25, -0.2) is 0 Å². The first-order valence-electron chi connectivity index (χ1n) is 7.49. The third-order valence-electron chi connectivity index (χ3n) is 3.32. The van der Waals surface area contributed by atoms with Crippen molar-refractivity contribution in [2.45, 2.75) is 19.8 Å². The van der Waals surface area contributed by atoms with E-state index in [0.29, 0.717) is 18.5 Å². The van der Waals surface area contributed by atoms with Gasteiger partial charge in [-0.15, -0.1) is 21.5 Å². The highest BCUT2D eigenvalue weighted by atomic mass is 32.1. The van der Waals surface area contributed by atoms with Crippen molar-refractivity contribution >= 4 is 17.2 Å². The van der Waals surface area contributed by atoms with Gasteiger partial charge in [0.2, 0.25) is 17.3 Å². The number of nitrogens with zero attached hydrogens (tertiary/aromatic N) is 3. The number of aromatic nitrogens is 3. The summed E-state index contributed by atoms with van der Waals surface area (Å²) in [4.78, 5) is 12.1. The Morgan fingerprint density at radius 2 is 2.00 bits per heavy atom. The smallest absolute Gasteiger partial charge is 0.276 e. The molecule has 0 atom stereocenters. The number of amides is 1. The van der Waals surface area contributed by atoms with Crippen molar-refractivity contribution in [1.29, 1.82) is 0 Å². The van der Waals surface area contributed by atoms with Crippen molar-refractivity contribution in [1.82, 2.24) is 20.7 Å². The highest BCUT2D eigenvalue weighted by Gasteiger charge is 2.23. The molecule has 0 saturated carbocycles. The number of benzene rings is 1. The van der Waals surface area contributed by atoms with E-state index in [9.17, 15) is 9.18 Å². The minimum absolute atomic E-state index is 0.0440. The third kappa shape index (κ3) is 3.48. The van der Waals surface area contributed by atoms with Crippen LogP contribution in [-0.4, -0.2) is 27.8 Å². The maximum atomic E-state index is 14.3. The van der Waals surface area contributed by atoms with E-state index in [0.717, 1.165) is 16.4 Å². The van der Waals surface area contributed by atoms with Crippen molar-refractivity contribution in [3.63, 3.8) is 0 Å². The Kier molecular flexibility index (Phi) is 4.95. The van der Waals surface area contributed by atoms with Crippen LogP contribution in [0.5, 0.6) is 0 Å². The molecule has 0 spiro atoms. The van der Waals surface area contributed by atoms with Crippen LogP contribution >= 0.6 is 11.3 Å². The Labute approximate surface area is 141 Å². The molecule has 2 aromatic heterocycles. The third-order valence-corrected chi connectivity index (χ3v) is 4.45. The quantitative estimate of drug-likeness (QED) is 0.742. The molecule has 0 aliphatic rings. The van der Waals surface area contributed by atoms with E-state index in [4.69, 9.17) is 4.52 Å². The van der Waals surface area contributed by atoms with E-state index in [1.807, 2.05) is 13.0 Å². The Hall–Kier alpha value is -2.61. The predicted octanol–water partition coefficient (Wildman–Crippen LogP) is 2.87. The number of hydrogen-bond acceptors (Lipinski definition) is 6. The summed E-state index contributed by atoms with van der Waals surface area (Å²) in [6.07, 6.45) is 1.37. The van der Waals surface area contributed by atoms with Gasteiger partial charge in [-0.1, -0.05) is 42.4 Å². The molecule has 0 fully saturated rings. The lowest BCUT2D eigenvalue weighted by Crippen LogP contribution is -2.26. The number of hydrogen-bond donors (Lipinski definition) is 1. The Balaban J connectivity index is 1.62. The number of carbonyl (C=O) groups excluding carboxylic acids is 1. The van der Waals surface area contributed by atoms with Gasteiger partial charge in [-0.3, -0.25) is 4.79 Å². The van der Waals surface area contributed by atoms with Gasteiger partial charge in [-0.05, 0) is 6.42 Å². The SMILES string of the molecule is CCc1nnc(CCNC(=O)c2noc(-c3ccccc3)c2F)s1. The highest BCUT2D eigenvalue weighted by molar-refractivity contribution is 7.11. The van der Waals surface area contributed by atoms with Crippen molar-refractivity contribution < 1.29 is 13.7 Å². The van der Waals surface area contributed by atoms with E-state index in [2.05, 4.69) is 20.7 Å². The molecule has 0 saturated heterocycles. The minimum Gasteiger partial charge on any atom is -0.352 e. The van der Waals surface area contributed by atoms with Crippen molar-refractivity contribution in [2.24, 2.45) is 0 Å². The number of aryl methyl sites for hydroxylation is 1.